The van der Waals surface area contributed by atoms with E-state index >= 15 is 0 Å². The lowest BCUT2D eigenvalue weighted by molar-refractivity contribution is -0.134. The lowest BCUT2D eigenvalue weighted by atomic mass is 10.0. The quantitative estimate of drug-likeness (QED) is 0.493. The van der Waals surface area contributed by atoms with Crippen molar-refractivity contribution in [2.45, 2.75) is 0 Å². The number of Topliss-reactive ketones (excluding diaryl/α,β-unsaturated/α-hetero) is 1. The Balaban J connectivity index is 1.59. The van der Waals surface area contributed by atoms with Gasteiger partial charge in [-0.2, -0.15) is 0 Å². The molecule has 0 aromatic heterocycles. The van der Waals surface area contributed by atoms with Crippen LogP contribution in [0.25, 0.3) is 17.2 Å². The highest BCUT2D eigenvalue weighted by Crippen LogP contribution is 2.28. The first-order chi connectivity index (χ1) is 14.1. The van der Waals surface area contributed by atoms with Crippen molar-refractivity contribution in [2.24, 2.45) is 0 Å². The summed E-state index contributed by atoms with van der Waals surface area (Å²) in [7, 11) is 0. The van der Waals surface area contributed by atoms with E-state index in [1.165, 1.54) is 0 Å². The summed E-state index contributed by atoms with van der Waals surface area (Å²) in [6, 6.07) is 26.5. The molecule has 0 atom stereocenters. The Kier molecular flexibility index (Phi) is 4.95. The van der Waals surface area contributed by atoms with Gasteiger partial charge in [0.05, 0.1) is 0 Å². The van der Waals surface area contributed by atoms with Gasteiger partial charge in [0.15, 0.2) is 11.3 Å². The molecular weight excluding hydrogens is 366 g/mol. The predicted molar refractivity (Wildman–Crippen MR) is 111 cm³/mol. The molecule has 5 nitrogen and oxygen atoms in total. The van der Waals surface area contributed by atoms with Crippen molar-refractivity contribution in [3.63, 3.8) is 0 Å². The van der Waals surface area contributed by atoms with E-state index in [4.69, 9.17) is 4.74 Å². The van der Waals surface area contributed by atoms with E-state index in [0.717, 1.165) is 16.7 Å². The number of ether oxygens (including phenoxy) is 1. The topological polar surface area (TPSA) is 75.6 Å². The van der Waals surface area contributed by atoms with Crippen LogP contribution < -0.4 is 5.32 Å². The summed E-state index contributed by atoms with van der Waals surface area (Å²) in [5, 5.41) is 12.3. The number of anilines is 1. The number of carbonyl (C=O) groups excluding carboxylic acids is 1. The van der Waals surface area contributed by atoms with Gasteiger partial charge in [-0.3, -0.25) is 4.79 Å². The first kappa shape index (κ1) is 18.3. The Morgan fingerprint density at radius 3 is 2.03 bits per heavy atom. The van der Waals surface area contributed by atoms with E-state index in [1.807, 2.05) is 60.7 Å². The fourth-order valence-electron chi connectivity index (χ4n) is 3.02. The van der Waals surface area contributed by atoms with Gasteiger partial charge in [0.1, 0.15) is 0 Å². The van der Waals surface area contributed by atoms with Crippen molar-refractivity contribution >= 4 is 23.5 Å². The van der Waals surface area contributed by atoms with Crippen molar-refractivity contribution in [1.82, 2.24) is 0 Å². The number of aliphatic carboxylic acids is 1. The number of para-hydroxylation sites is 1. The second-order valence-corrected chi connectivity index (χ2v) is 6.43. The summed E-state index contributed by atoms with van der Waals surface area (Å²) < 4.78 is 5.57. The number of ketones is 1. The Hall–Kier alpha value is -4.12. The van der Waals surface area contributed by atoms with Crippen molar-refractivity contribution in [3.05, 3.63) is 108 Å². The highest BCUT2D eigenvalue weighted by Gasteiger charge is 2.35. The molecule has 29 heavy (non-hydrogen) atoms. The van der Waals surface area contributed by atoms with Crippen LogP contribution in [0.4, 0.5) is 5.69 Å². The standard InChI is InChI=1S/C24H17NO4/c26-22-20(15-16-11-13-18(14-12-16)17-7-3-1-4-8-17)29-23(21(22)24(27)28)25-19-9-5-2-6-10-19/h1-15,25H,(H,27,28)/b20-15-. The molecule has 3 aromatic rings. The van der Waals surface area contributed by atoms with Crippen LogP contribution in [0, 0.1) is 0 Å². The van der Waals surface area contributed by atoms with Crippen molar-refractivity contribution in [1.29, 1.82) is 0 Å². The SMILES string of the molecule is O=C(O)C1=C(Nc2ccccc2)O/C(=C\c2ccc(-c3ccccc3)cc2)C1=O. The molecule has 1 aliphatic heterocycles. The average molecular weight is 383 g/mol. The minimum absolute atomic E-state index is 0.0340. The van der Waals surface area contributed by atoms with E-state index in [2.05, 4.69) is 5.32 Å². The number of benzene rings is 3. The van der Waals surface area contributed by atoms with Crippen LogP contribution in [-0.2, 0) is 14.3 Å². The number of hydrogen-bond acceptors (Lipinski definition) is 4. The summed E-state index contributed by atoms with van der Waals surface area (Å²) >= 11 is 0. The third-order valence-corrected chi connectivity index (χ3v) is 4.45. The highest BCUT2D eigenvalue weighted by molar-refractivity contribution is 6.26. The molecule has 2 N–H and O–H groups in total. The molecule has 142 valence electrons. The van der Waals surface area contributed by atoms with Gasteiger partial charge in [0, 0.05) is 5.69 Å². The van der Waals surface area contributed by atoms with E-state index in [0.29, 0.717) is 5.69 Å². The summed E-state index contributed by atoms with van der Waals surface area (Å²) in [6.45, 7) is 0. The molecule has 0 aliphatic carbocycles. The zero-order valence-corrected chi connectivity index (χ0v) is 15.3. The number of carboxylic acids is 1. The van der Waals surface area contributed by atoms with Crippen LogP contribution in [0.15, 0.2) is 102 Å². The zero-order valence-electron chi connectivity index (χ0n) is 15.3. The zero-order chi connectivity index (χ0) is 20.2. The molecule has 4 rings (SSSR count). The third-order valence-electron chi connectivity index (χ3n) is 4.45. The number of carboxylic acid groups (broad SMARTS) is 1. The fraction of sp³-hybridized carbons (Fsp3) is 0. The van der Waals surface area contributed by atoms with Gasteiger partial charge in [-0.1, -0.05) is 72.8 Å². The summed E-state index contributed by atoms with van der Waals surface area (Å²) in [6.07, 6.45) is 1.54. The average Bonchev–Trinajstić information content (AvgIpc) is 3.05. The minimum atomic E-state index is -1.34. The number of nitrogens with one attached hydrogen (secondary N) is 1. The normalized spacial score (nSPS) is 14.8. The van der Waals surface area contributed by atoms with Gasteiger partial charge in [0.2, 0.25) is 11.7 Å². The van der Waals surface area contributed by atoms with Gasteiger partial charge < -0.3 is 15.2 Å². The third kappa shape index (κ3) is 3.94. The van der Waals surface area contributed by atoms with Gasteiger partial charge in [0.25, 0.3) is 0 Å². The maximum atomic E-state index is 12.6. The molecule has 1 aliphatic rings. The van der Waals surface area contributed by atoms with Crippen LogP contribution >= 0.6 is 0 Å². The van der Waals surface area contributed by atoms with Crippen molar-refractivity contribution in [2.75, 3.05) is 5.32 Å². The molecular formula is C24H17NO4. The van der Waals surface area contributed by atoms with Crippen LogP contribution in [0.5, 0.6) is 0 Å². The Morgan fingerprint density at radius 1 is 0.828 bits per heavy atom. The highest BCUT2D eigenvalue weighted by atomic mass is 16.5. The first-order valence-electron chi connectivity index (χ1n) is 9.01. The van der Waals surface area contributed by atoms with Gasteiger partial charge in [-0.15, -0.1) is 0 Å². The molecule has 1 heterocycles. The second-order valence-electron chi connectivity index (χ2n) is 6.43. The molecule has 0 amide bonds. The number of carbonyl (C=O) groups is 2. The number of allylic oxidation sites excluding steroid dienone is 1. The van der Waals surface area contributed by atoms with E-state index in [9.17, 15) is 14.7 Å². The van der Waals surface area contributed by atoms with E-state index in [-0.39, 0.29) is 11.6 Å². The van der Waals surface area contributed by atoms with Crippen molar-refractivity contribution < 1.29 is 19.4 Å². The second kappa shape index (κ2) is 7.86. The van der Waals surface area contributed by atoms with Gasteiger partial charge in [-0.25, -0.2) is 4.79 Å². The van der Waals surface area contributed by atoms with Gasteiger partial charge >= 0.3 is 5.97 Å². The molecule has 3 aromatic carbocycles. The Bertz CT molecular complexity index is 1110. The molecule has 0 spiro atoms. The van der Waals surface area contributed by atoms with Gasteiger partial charge in [-0.05, 0) is 34.9 Å². The molecule has 0 radical (unpaired) electrons. The number of hydrogen-bond donors (Lipinski definition) is 2. The summed E-state index contributed by atoms with van der Waals surface area (Å²) in [5.74, 6) is -2.12. The Labute approximate surface area is 167 Å². The van der Waals surface area contributed by atoms with Crippen molar-refractivity contribution in [3.8, 4) is 11.1 Å². The molecule has 0 saturated carbocycles. The fourth-order valence-corrected chi connectivity index (χ4v) is 3.02. The number of rotatable bonds is 5. The molecule has 0 fully saturated rings. The van der Waals surface area contributed by atoms with Crippen LogP contribution in [0.2, 0.25) is 0 Å². The molecule has 0 unspecified atom stereocenters. The maximum absolute atomic E-state index is 12.6. The largest absolute Gasteiger partial charge is 0.477 e. The van der Waals surface area contributed by atoms with Crippen LogP contribution in [-0.4, -0.2) is 16.9 Å². The molecule has 5 heteroatoms. The summed E-state index contributed by atoms with van der Waals surface area (Å²) in [4.78, 5) is 24.2. The minimum Gasteiger partial charge on any atom is -0.477 e. The predicted octanol–water partition coefficient (Wildman–Crippen LogP) is 4.70. The summed E-state index contributed by atoms with van der Waals surface area (Å²) in [5.41, 5.74) is 3.08. The monoisotopic (exact) mass is 383 g/mol. The molecule has 0 saturated heterocycles. The molecule has 0 bridgehead atoms. The van der Waals surface area contributed by atoms with E-state index < -0.39 is 17.3 Å². The maximum Gasteiger partial charge on any atom is 0.345 e. The van der Waals surface area contributed by atoms with Crippen LogP contribution in [0.3, 0.4) is 0 Å². The van der Waals surface area contributed by atoms with E-state index in [1.54, 1.807) is 30.3 Å². The lowest BCUT2D eigenvalue weighted by Crippen LogP contribution is -2.12. The Morgan fingerprint density at radius 2 is 1.41 bits per heavy atom. The lowest BCUT2D eigenvalue weighted by Gasteiger charge is -2.08. The smallest absolute Gasteiger partial charge is 0.345 e. The first-order valence-corrected chi connectivity index (χ1v) is 9.01. The van der Waals surface area contributed by atoms with Crippen LogP contribution in [0.1, 0.15) is 5.56 Å².